The number of carbonyl (C=O) groups excluding carboxylic acids is 1. The van der Waals surface area contributed by atoms with Crippen LogP contribution in [0.3, 0.4) is 0 Å². The van der Waals surface area contributed by atoms with Gasteiger partial charge in [0.2, 0.25) is 5.88 Å². The van der Waals surface area contributed by atoms with Crippen LogP contribution in [-0.2, 0) is 30.8 Å². The third-order valence-electron chi connectivity index (χ3n) is 18.4. The van der Waals surface area contributed by atoms with Gasteiger partial charge >= 0.3 is 0 Å². The Morgan fingerprint density at radius 3 is 2.47 bits per heavy atom. The lowest BCUT2D eigenvalue weighted by molar-refractivity contribution is -0.384. The number of aromatic amines is 1. The molecule has 6 aromatic rings. The number of nitrogens with one attached hydrogen (secondary N) is 3. The van der Waals surface area contributed by atoms with Crippen LogP contribution in [0, 0.1) is 28.4 Å². The van der Waals surface area contributed by atoms with E-state index in [-0.39, 0.29) is 34.7 Å². The molecule has 438 valence electrons. The van der Waals surface area contributed by atoms with Crippen LogP contribution in [0.25, 0.3) is 11.0 Å². The number of carbonyl (C=O) groups is 1. The molecule has 7 aliphatic rings. The Bertz CT molecular complexity index is 3490. The topological polar surface area (TPSA) is 235 Å². The van der Waals surface area contributed by atoms with Crippen LogP contribution in [-0.4, -0.2) is 166 Å². The van der Waals surface area contributed by atoms with Crippen LogP contribution < -0.4 is 34.2 Å². The summed E-state index contributed by atoms with van der Waals surface area (Å²) >= 11 is 0. The number of piperazine rings is 1. The van der Waals surface area contributed by atoms with Crippen molar-refractivity contribution in [3.05, 3.63) is 118 Å². The molecule has 22 nitrogen and oxygen atoms in total. The van der Waals surface area contributed by atoms with Gasteiger partial charge in [-0.15, -0.1) is 0 Å². The lowest BCUT2D eigenvalue weighted by atomic mass is 9.59. The van der Waals surface area contributed by atoms with Gasteiger partial charge in [-0.2, -0.15) is 13.4 Å². The summed E-state index contributed by atoms with van der Waals surface area (Å²) in [4.78, 5) is 55.6. The number of H-pyrrole nitrogens is 1. The molecule has 23 heteroatoms. The molecule has 6 aliphatic heterocycles. The first-order valence-corrected chi connectivity index (χ1v) is 30.7. The van der Waals surface area contributed by atoms with Gasteiger partial charge < -0.3 is 48.7 Å². The molecule has 2 aromatic carbocycles. The summed E-state index contributed by atoms with van der Waals surface area (Å²) < 4.78 is 60.0. The minimum Gasteiger partial charge on any atom is -0.493 e. The maximum Gasteiger partial charge on any atom is 0.296 e. The zero-order valence-corrected chi connectivity index (χ0v) is 47.9. The number of amides is 1. The number of morpholine rings is 1. The molecule has 10 heterocycles. The standard InChI is InChI=1S/C60H72N12O10S/c1-39-5-3-4-6-45(39)52-37-67(36-41-27-53(78-2)57(64-34-41)69-20-25-80-26-21-69)18-19-70(52)44-31-60(32-44)13-16-68(17-14-60)43-7-8-46(49(29-43)71-48-12-24-81-38-54(48)82-59-51(71)28-42-9-15-61-56(42)65-59)58(73)66-83(76,77)55-30-50(72(74)75)47(35-63-55)62-33-40-10-22-79-23-11-40/h3-9,15,27-30,34-35,40,44,48,52,54,62H,10-14,16-26,31-33,36-38H2,1-2H3,(H,61,65)(H,66,73)/t48-,52-,54-/m0/s1. The summed E-state index contributed by atoms with van der Waals surface area (Å²) in [5.41, 5.74) is 6.38. The number of aryl methyl sites for hydroxylation is 1. The minimum absolute atomic E-state index is 0.0884. The van der Waals surface area contributed by atoms with Crippen molar-refractivity contribution >= 4 is 61.2 Å². The zero-order chi connectivity index (χ0) is 56.8. The number of piperidine rings is 1. The molecule has 4 aromatic heterocycles. The fourth-order valence-corrected chi connectivity index (χ4v) is 14.8. The number of aromatic nitrogens is 4. The molecule has 1 spiro atoms. The molecule has 13 rings (SSSR count). The van der Waals surface area contributed by atoms with Crippen molar-refractivity contribution < 1.29 is 41.8 Å². The minimum atomic E-state index is -4.73. The SMILES string of the molecule is COc1cc(CN2CCN(C3CC4(CCN(c5ccc(C(=O)NS(=O)(=O)c6cc([N+](=O)[O-])c(NCC7CCOCC7)cn6)c(N6c7cc8cc[nH]c8nc7O[C@H]7COCC[C@@H]76)c5)CC4)C3)[C@H](c3ccccc3C)C2)cnc1N1CCOCC1. The molecule has 0 radical (unpaired) electrons. The second-order valence-electron chi connectivity index (χ2n) is 23.4. The van der Waals surface area contributed by atoms with Crippen molar-refractivity contribution in [2.75, 3.05) is 119 Å². The number of ether oxygens (including phenoxy) is 5. The number of hydrogen-bond acceptors (Lipinski definition) is 19. The lowest BCUT2D eigenvalue weighted by Gasteiger charge is -2.58. The van der Waals surface area contributed by atoms with Crippen LogP contribution in [0.2, 0.25) is 0 Å². The van der Waals surface area contributed by atoms with Gasteiger partial charge in [-0.3, -0.25) is 24.7 Å². The normalized spacial score (nSPS) is 22.6. The Kier molecular flexibility index (Phi) is 15.3. The molecule has 83 heavy (non-hydrogen) atoms. The maximum absolute atomic E-state index is 14.8. The quantitative estimate of drug-likeness (QED) is 0.0672. The first-order chi connectivity index (χ1) is 40.4. The van der Waals surface area contributed by atoms with Gasteiger partial charge in [-0.25, -0.2) is 14.7 Å². The third-order valence-corrected chi connectivity index (χ3v) is 19.7. The number of sulfonamides is 1. The lowest BCUT2D eigenvalue weighted by Crippen LogP contribution is -2.59. The van der Waals surface area contributed by atoms with E-state index >= 15 is 0 Å². The molecule has 1 amide bonds. The molecule has 6 fully saturated rings. The highest BCUT2D eigenvalue weighted by molar-refractivity contribution is 7.90. The van der Waals surface area contributed by atoms with Gasteiger partial charge in [0.15, 0.2) is 16.6 Å². The average molecular weight is 1150 g/mol. The molecular formula is C60H72N12O10S. The van der Waals surface area contributed by atoms with E-state index < -0.39 is 37.7 Å². The number of rotatable bonds is 15. The van der Waals surface area contributed by atoms with Crippen molar-refractivity contribution in [3.8, 4) is 11.6 Å². The summed E-state index contributed by atoms with van der Waals surface area (Å²) in [5.74, 6) is 1.35. The zero-order valence-electron chi connectivity index (χ0n) is 47.0. The van der Waals surface area contributed by atoms with E-state index in [1.807, 2.05) is 36.7 Å². The smallest absolute Gasteiger partial charge is 0.296 e. The number of pyridine rings is 3. The fourth-order valence-electron chi connectivity index (χ4n) is 13.8. The molecule has 5 saturated heterocycles. The molecular weight excluding hydrogens is 1080 g/mol. The van der Waals surface area contributed by atoms with E-state index in [1.165, 1.54) is 11.1 Å². The van der Waals surface area contributed by atoms with Crippen LogP contribution in [0.15, 0.2) is 90.3 Å². The Hall–Kier alpha value is -7.15. The number of hydrogen-bond donors (Lipinski definition) is 3. The molecule has 0 unspecified atom stereocenters. The summed E-state index contributed by atoms with van der Waals surface area (Å²) in [5, 5.41) is 15.6. The number of nitrogens with zero attached hydrogens (tertiary/aromatic N) is 9. The van der Waals surface area contributed by atoms with Gasteiger partial charge in [0.05, 0.1) is 61.4 Å². The van der Waals surface area contributed by atoms with Crippen LogP contribution >= 0.6 is 0 Å². The van der Waals surface area contributed by atoms with Crippen LogP contribution in [0.5, 0.6) is 11.6 Å². The van der Waals surface area contributed by atoms with Gasteiger partial charge in [0.1, 0.15) is 23.1 Å². The van der Waals surface area contributed by atoms with E-state index in [0.29, 0.717) is 81.6 Å². The monoisotopic (exact) mass is 1150 g/mol. The van der Waals surface area contributed by atoms with E-state index in [9.17, 15) is 23.3 Å². The second kappa shape index (κ2) is 23.1. The molecule has 1 saturated carbocycles. The Morgan fingerprint density at radius 2 is 1.67 bits per heavy atom. The highest BCUT2D eigenvalue weighted by Gasteiger charge is 2.50. The van der Waals surface area contributed by atoms with Gasteiger partial charge in [-0.05, 0) is 116 Å². The highest BCUT2D eigenvalue weighted by Crippen LogP contribution is 2.54. The number of benzene rings is 2. The van der Waals surface area contributed by atoms with Gasteiger partial charge in [0.25, 0.3) is 21.6 Å². The van der Waals surface area contributed by atoms with E-state index in [4.69, 9.17) is 33.7 Å². The Morgan fingerprint density at radius 1 is 0.880 bits per heavy atom. The van der Waals surface area contributed by atoms with E-state index in [0.717, 1.165) is 131 Å². The van der Waals surface area contributed by atoms with Crippen molar-refractivity contribution in [1.29, 1.82) is 0 Å². The predicted molar refractivity (Wildman–Crippen MR) is 313 cm³/mol. The number of nitro groups is 1. The fraction of sp³-hybridized carbons (Fsp3) is 0.500. The second-order valence-corrected chi connectivity index (χ2v) is 25.0. The number of methoxy groups -OCH3 is 1. The van der Waals surface area contributed by atoms with E-state index in [1.54, 1.807) is 13.2 Å². The summed E-state index contributed by atoms with van der Waals surface area (Å²) in [6.45, 7) is 12.8. The number of anilines is 5. The van der Waals surface area contributed by atoms with Crippen LogP contribution in [0.4, 0.5) is 34.3 Å². The summed E-state index contributed by atoms with van der Waals surface area (Å²) in [7, 11) is -3.01. The summed E-state index contributed by atoms with van der Waals surface area (Å²) in [6.07, 6.45) is 10.9. The van der Waals surface area contributed by atoms with Gasteiger partial charge in [-0.1, -0.05) is 24.3 Å². The third kappa shape index (κ3) is 11.1. The Labute approximate surface area is 483 Å². The van der Waals surface area contributed by atoms with Crippen molar-refractivity contribution in [3.63, 3.8) is 0 Å². The number of fused-ring (bicyclic) bond motifs is 3. The van der Waals surface area contributed by atoms with Crippen molar-refractivity contribution in [1.82, 2.24) is 34.5 Å². The molecule has 3 N–H and O–H groups in total. The van der Waals surface area contributed by atoms with Crippen molar-refractivity contribution in [2.45, 2.75) is 87.7 Å². The summed E-state index contributed by atoms with van der Waals surface area (Å²) in [6, 6.07) is 21.7. The largest absolute Gasteiger partial charge is 0.493 e. The predicted octanol–water partition coefficient (Wildman–Crippen LogP) is 7.37. The first-order valence-electron chi connectivity index (χ1n) is 29.2. The molecule has 3 atom stereocenters. The first kappa shape index (κ1) is 55.1. The van der Waals surface area contributed by atoms with Gasteiger partial charge in [0, 0.05) is 114 Å². The average Bonchev–Trinajstić information content (AvgIpc) is 4.08. The molecule has 0 bridgehead atoms. The Balaban J connectivity index is 0.740. The van der Waals surface area contributed by atoms with Crippen molar-refractivity contribution in [2.24, 2.45) is 11.3 Å². The molecule has 1 aliphatic carbocycles. The maximum atomic E-state index is 14.8. The highest BCUT2D eigenvalue weighted by atomic mass is 32.2. The van der Waals surface area contributed by atoms with E-state index in [2.05, 4.69) is 81.8 Å². The van der Waals surface area contributed by atoms with Crippen LogP contribution in [0.1, 0.15) is 78.0 Å².